The van der Waals surface area contributed by atoms with Crippen LogP contribution in [0.5, 0.6) is 5.75 Å². The molecule has 29 heavy (non-hydrogen) atoms. The molecule has 0 radical (unpaired) electrons. The van der Waals surface area contributed by atoms with Crippen molar-refractivity contribution in [1.29, 1.82) is 5.26 Å². The number of ether oxygens (including phenoxy) is 1. The molecule has 0 bridgehead atoms. The number of fused-ring (bicyclic) bond motifs is 1. The molecule has 0 N–H and O–H groups in total. The molecule has 2 aliphatic heterocycles. The third-order valence-electron chi connectivity index (χ3n) is 5.18. The van der Waals surface area contributed by atoms with Crippen LogP contribution >= 0.6 is 0 Å². The van der Waals surface area contributed by atoms with Crippen LogP contribution in [-0.2, 0) is 4.79 Å². The topological polar surface area (TPSA) is 93.9 Å². The SMILES string of the molecule is COc1cccc(N2C(=O)[C@@H]3CN(C(=O)c4ccc(C#N)cc4)CCN3C2=O)c1. The lowest BCUT2D eigenvalue weighted by atomic mass is 10.1. The van der Waals surface area contributed by atoms with Crippen LogP contribution in [0, 0.1) is 11.3 Å². The van der Waals surface area contributed by atoms with Crippen molar-refractivity contribution >= 4 is 23.5 Å². The maximum Gasteiger partial charge on any atom is 0.332 e. The molecular weight excluding hydrogens is 372 g/mol. The number of carbonyl (C=O) groups excluding carboxylic acids is 3. The Morgan fingerprint density at radius 3 is 2.59 bits per heavy atom. The van der Waals surface area contributed by atoms with Crippen LogP contribution in [0.15, 0.2) is 48.5 Å². The van der Waals surface area contributed by atoms with Gasteiger partial charge in [-0.1, -0.05) is 6.07 Å². The fraction of sp³-hybridized carbons (Fsp3) is 0.238. The summed E-state index contributed by atoms with van der Waals surface area (Å²) in [6, 6.07) is 14.0. The van der Waals surface area contributed by atoms with Crippen molar-refractivity contribution in [2.24, 2.45) is 0 Å². The van der Waals surface area contributed by atoms with Gasteiger partial charge in [0.1, 0.15) is 11.8 Å². The van der Waals surface area contributed by atoms with E-state index in [9.17, 15) is 14.4 Å². The van der Waals surface area contributed by atoms with Gasteiger partial charge in [-0.15, -0.1) is 0 Å². The maximum atomic E-state index is 13.0. The summed E-state index contributed by atoms with van der Waals surface area (Å²) in [5.41, 5.74) is 1.36. The Hall–Kier alpha value is -3.86. The predicted octanol–water partition coefficient (Wildman–Crippen LogP) is 1.86. The smallest absolute Gasteiger partial charge is 0.332 e. The molecule has 0 saturated carbocycles. The minimum absolute atomic E-state index is 0.129. The Labute approximate surface area is 167 Å². The molecule has 8 heteroatoms. The Kier molecular flexibility index (Phi) is 4.64. The number of nitrogens with zero attached hydrogens (tertiary/aromatic N) is 4. The van der Waals surface area contributed by atoms with Gasteiger partial charge in [0.2, 0.25) is 0 Å². The largest absolute Gasteiger partial charge is 0.497 e. The van der Waals surface area contributed by atoms with Gasteiger partial charge >= 0.3 is 6.03 Å². The second kappa shape index (κ2) is 7.28. The van der Waals surface area contributed by atoms with Crippen LogP contribution in [0.3, 0.4) is 0 Å². The molecule has 0 spiro atoms. The average Bonchev–Trinajstić information content (AvgIpc) is 3.03. The first-order chi connectivity index (χ1) is 14.0. The van der Waals surface area contributed by atoms with E-state index < -0.39 is 12.1 Å². The zero-order valence-corrected chi connectivity index (χ0v) is 15.7. The van der Waals surface area contributed by atoms with Crippen molar-refractivity contribution in [3.05, 3.63) is 59.7 Å². The molecule has 2 fully saturated rings. The molecule has 2 heterocycles. The molecule has 0 unspecified atom stereocenters. The lowest BCUT2D eigenvalue weighted by Gasteiger charge is -2.35. The van der Waals surface area contributed by atoms with Crippen molar-refractivity contribution in [3.8, 4) is 11.8 Å². The Bertz CT molecular complexity index is 1030. The van der Waals surface area contributed by atoms with E-state index in [4.69, 9.17) is 10.00 Å². The minimum Gasteiger partial charge on any atom is -0.497 e. The third kappa shape index (κ3) is 3.17. The van der Waals surface area contributed by atoms with E-state index in [2.05, 4.69) is 0 Å². The van der Waals surface area contributed by atoms with Gasteiger partial charge in [0.15, 0.2) is 0 Å². The number of amides is 4. The van der Waals surface area contributed by atoms with E-state index >= 15 is 0 Å². The number of anilines is 1. The number of carbonyl (C=O) groups is 3. The van der Waals surface area contributed by atoms with Crippen molar-refractivity contribution in [2.45, 2.75) is 6.04 Å². The van der Waals surface area contributed by atoms with Gasteiger partial charge in [-0.2, -0.15) is 5.26 Å². The lowest BCUT2D eigenvalue weighted by Crippen LogP contribution is -2.54. The summed E-state index contributed by atoms with van der Waals surface area (Å²) in [4.78, 5) is 42.8. The molecule has 0 aromatic heterocycles. The van der Waals surface area contributed by atoms with E-state index in [1.165, 1.54) is 12.0 Å². The highest BCUT2D eigenvalue weighted by molar-refractivity contribution is 6.21. The van der Waals surface area contributed by atoms with E-state index in [1.807, 2.05) is 6.07 Å². The number of piperazine rings is 1. The quantitative estimate of drug-likeness (QED) is 0.746. The molecule has 2 saturated heterocycles. The molecule has 0 aliphatic carbocycles. The lowest BCUT2D eigenvalue weighted by molar-refractivity contribution is -0.120. The number of nitriles is 1. The monoisotopic (exact) mass is 390 g/mol. The van der Waals surface area contributed by atoms with Crippen molar-refractivity contribution in [1.82, 2.24) is 9.80 Å². The number of imide groups is 1. The summed E-state index contributed by atoms with van der Waals surface area (Å²) in [5, 5.41) is 8.89. The molecule has 2 aliphatic rings. The molecule has 4 amide bonds. The Morgan fingerprint density at radius 1 is 1.14 bits per heavy atom. The van der Waals surface area contributed by atoms with E-state index in [0.29, 0.717) is 29.1 Å². The predicted molar refractivity (Wildman–Crippen MR) is 103 cm³/mol. The van der Waals surface area contributed by atoms with Crippen LogP contribution in [-0.4, -0.2) is 60.4 Å². The first-order valence-electron chi connectivity index (χ1n) is 9.11. The number of urea groups is 1. The Morgan fingerprint density at radius 2 is 1.90 bits per heavy atom. The van der Waals surface area contributed by atoms with Crippen LogP contribution in [0.1, 0.15) is 15.9 Å². The van der Waals surface area contributed by atoms with Gasteiger partial charge in [0.25, 0.3) is 11.8 Å². The van der Waals surface area contributed by atoms with Crippen molar-refractivity contribution < 1.29 is 19.1 Å². The first kappa shape index (κ1) is 18.5. The average molecular weight is 390 g/mol. The van der Waals surface area contributed by atoms with Gasteiger partial charge in [0, 0.05) is 24.7 Å². The highest BCUT2D eigenvalue weighted by atomic mass is 16.5. The number of methoxy groups -OCH3 is 1. The van der Waals surface area contributed by atoms with Crippen LogP contribution in [0.2, 0.25) is 0 Å². The van der Waals surface area contributed by atoms with Crippen LogP contribution < -0.4 is 9.64 Å². The molecule has 2 aromatic carbocycles. The first-order valence-corrected chi connectivity index (χ1v) is 9.11. The summed E-state index contributed by atoms with van der Waals surface area (Å²) >= 11 is 0. The molecular formula is C21H18N4O4. The van der Waals surface area contributed by atoms with Crippen LogP contribution in [0.4, 0.5) is 10.5 Å². The number of benzene rings is 2. The normalized spacial score (nSPS) is 18.5. The van der Waals surface area contributed by atoms with E-state index in [1.54, 1.807) is 53.4 Å². The van der Waals surface area contributed by atoms with Gasteiger partial charge in [0.05, 0.1) is 31.0 Å². The highest BCUT2D eigenvalue weighted by Crippen LogP contribution is 2.30. The zero-order chi connectivity index (χ0) is 20.5. The summed E-state index contributed by atoms with van der Waals surface area (Å²) < 4.78 is 5.18. The summed E-state index contributed by atoms with van der Waals surface area (Å²) in [5.74, 6) is -0.0413. The molecule has 146 valence electrons. The van der Waals surface area contributed by atoms with Gasteiger partial charge in [-0.25, -0.2) is 9.69 Å². The molecule has 2 aromatic rings. The van der Waals surface area contributed by atoms with E-state index in [0.717, 1.165) is 4.90 Å². The zero-order valence-electron chi connectivity index (χ0n) is 15.7. The Balaban J connectivity index is 1.54. The van der Waals surface area contributed by atoms with Crippen LogP contribution in [0.25, 0.3) is 0 Å². The van der Waals surface area contributed by atoms with Gasteiger partial charge < -0.3 is 14.5 Å². The third-order valence-corrected chi connectivity index (χ3v) is 5.18. The number of rotatable bonds is 3. The van der Waals surface area contributed by atoms with Crippen molar-refractivity contribution in [2.75, 3.05) is 31.6 Å². The summed E-state index contributed by atoms with van der Waals surface area (Å²) in [6.45, 7) is 0.738. The second-order valence-corrected chi connectivity index (χ2v) is 6.81. The number of hydrogen-bond donors (Lipinski definition) is 0. The molecule has 4 rings (SSSR count). The highest BCUT2D eigenvalue weighted by Gasteiger charge is 2.49. The number of hydrogen-bond acceptors (Lipinski definition) is 5. The minimum atomic E-state index is -0.718. The summed E-state index contributed by atoms with van der Waals surface area (Å²) in [6.07, 6.45) is 0. The fourth-order valence-corrected chi connectivity index (χ4v) is 3.64. The van der Waals surface area contributed by atoms with Gasteiger partial charge in [-0.05, 0) is 36.4 Å². The van der Waals surface area contributed by atoms with Gasteiger partial charge in [-0.3, -0.25) is 9.59 Å². The van der Waals surface area contributed by atoms with Crippen molar-refractivity contribution in [3.63, 3.8) is 0 Å². The molecule has 8 nitrogen and oxygen atoms in total. The standard InChI is InChI=1S/C21H18N4O4/c1-29-17-4-2-3-16(11-17)25-20(27)18-13-23(9-10-24(18)21(25)28)19(26)15-7-5-14(12-22)6-8-15/h2-8,11,18H,9-10,13H2,1H3/t18-/m0/s1. The fourth-order valence-electron chi connectivity index (χ4n) is 3.64. The van der Waals surface area contributed by atoms with E-state index in [-0.39, 0.29) is 24.9 Å². The summed E-state index contributed by atoms with van der Waals surface area (Å²) in [7, 11) is 1.52. The maximum absolute atomic E-state index is 13.0. The molecule has 1 atom stereocenters. The second-order valence-electron chi connectivity index (χ2n) is 6.81.